The molecule has 0 aliphatic carbocycles. The van der Waals surface area contributed by atoms with Crippen molar-refractivity contribution in [3.63, 3.8) is 0 Å². The molecule has 0 spiro atoms. The minimum Gasteiger partial charge on any atom is -0.387 e. The predicted octanol–water partition coefficient (Wildman–Crippen LogP) is 1.81. The fourth-order valence-corrected chi connectivity index (χ4v) is 2.84. The number of nitrogens with one attached hydrogen (secondary N) is 1. The minimum absolute atomic E-state index is 0.176. The highest BCUT2D eigenvalue weighted by molar-refractivity contribution is 7.09. The molecule has 5 nitrogen and oxygen atoms in total. The van der Waals surface area contributed by atoms with Crippen LogP contribution in [-0.4, -0.2) is 28.3 Å². The molecule has 1 aliphatic heterocycles. The van der Waals surface area contributed by atoms with Gasteiger partial charge in [-0.2, -0.15) is 4.37 Å². The molecule has 1 atom stereocenters. The second-order valence-electron chi connectivity index (χ2n) is 4.83. The molecule has 1 aromatic heterocycles. The van der Waals surface area contributed by atoms with Crippen LogP contribution in [-0.2, 0) is 0 Å². The Kier molecular flexibility index (Phi) is 3.61. The highest BCUT2D eigenvalue weighted by atomic mass is 32.1. The Balaban J connectivity index is 2.08. The molecule has 94 valence electrons. The Morgan fingerprint density at radius 2 is 2.35 bits per heavy atom. The Labute approximate surface area is 106 Å². The lowest BCUT2D eigenvalue weighted by molar-refractivity contribution is 0.502. The predicted molar refractivity (Wildman–Crippen MR) is 70.8 cm³/mol. The van der Waals surface area contributed by atoms with Gasteiger partial charge in [0.2, 0.25) is 5.13 Å². The van der Waals surface area contributed by atoms with Crippen molar-refractivity contribution in [1.82, 2.24) is 9.36 Å². The number of hydrogen-bond donors (Lipinski definition) is 2. The summed E-state index contributed by atoms with van der Waals surface area (Å²) in [5, 5.41) is 8.51. The molecule has 0 amide bonds. The van der Waals surface area contributed by atoms with Gasteiger partial charge in [0, 0.05) is 36.5 Å². The van der Waals surface area contributed by atoms with Gasteiger partial charge in [-0.3, -0.25) is 5.41 Å². The first kappa shape index (κ1) is 12.3. The van der Waals surface area contributed by atoms with Gasteiger partial charge in [-0.15, -0.1) is 0 Å². The summed E-state index contributed by atoms with van der Waals surface area (Å²) in [6, 6.07) is 0. The number of aromatic nitrogens is 2. The maximum atomic E-state index is 7.53. The smallest absolute Gasteiger partial charge is 0.205 e. The van der Waals surface area contributed by atoms with Crippen molar-refractivity contribution in [2.45, 2.75) is 32.6 Å². The van der Waals surface area contributed by atoms with Gasteiger partial charge in [-0.25, -0.2) is 4.98 Å². The summed E-state index contributed by atoms with van der Waals surface area (Å²) in [5.41, 5.74) is 5.58. The van der Waals surface area contributed by atoms with Gasteiger partial charge in [0.15, 0.2) is 0 Å². The van der Waals surface area contributed by atoms with Crippen molar-refractivity contribution < 1.29 is 0 Å². The van der Waals surface area contributed by atoms with Crippen molar-refractivity contribution >= 4 is 22.5 Å². The first-order valence-electron chi connectivity index (χ1n) is 6.00. The van der Waals surface area contributed by atoms with Gasteiger partial charge in [0.25, 0.3) is 0 Å². The van der Waals surface area contributed by atoms with Crippen molar-refractivity contribution in [2.24, 2.45) is 11.7 Å². The highest BCUT2D eigenvalue weighted by Gasteiger charge is 2.24. The molecule has 0 radical (unpaired) electrons. The molecule has 6 heteroatoms. The van der Waals surface area contributed by atoms with Crippen LogP contribution in [0.3, 0.4) is 0 Å². The van der Waals surface area contributed by atoms with E-state index in [4.69, 9.17) is 11.1 Å². The Bertz CT molecular complexity index is 400. The fourth-order valence-electron chi connectivity index (χ4n) is 1.99. The van der Waals surface area contributed by atoms with E-state index in [1.165, 1.54) is 11.5 Å². The van der Waals surface area contributed by atoms with Gasteiger partial charge in [0.05, 0.1) is 5.84 Å². The van der Waals surface area contributed by atoms with E-state index in [9.17, 15) is 0 Å². The maximum absolute atomic E-state index is 7.53. The van der Waals surface area contributed by atoms with Crippen LogP contribution >= 0.6 is 11.5 Å². The fraction of sp³-hybridized carbons (Fsp3) is 0.727. The summed E-state index contributed by atoms with van der Waals surface area (Å²) in [6.45, 7) is 6.00. The molecule has 0 aromatic carbocycles. The van der Waals surface area contributed by atoms with E-state index in [0.29, 0.717) is 11.8 Å². The standard InChI is InChI=1S/C11H19N5S/c1-7(2)10-14-11(17-15-10)16-5-3-4-8(6-16)9(12)13/h7-8H,3-6H2,1-2H3,(H3,12,13). The number of rotatable bonds is 3. The minimum atomic E-state index is 0.176. The van der Waals surface area contributed by atoms with Crippen LogP contribution in [0.15, 0.2) is 0 Å². The van der Waals surface area contributed by atoms with Crippen molar-refractivity contribution in [2.75, 3.05) is 18.0 Å². The van der Waals surface area contributed by atoms with Crippen molar-refractivity contribution in [3.05, 3.63) is 5.82 Å². The lowest BCUT2D eigenvalue weighted by atomic mass is 9.97. The molecule has 1 saturated heterocycles. The molecular formula is C11H19N5S. The number of amidine groups is 1. The summed E-state index contributed by atoms with van der Waals surface area (Å²) < 4.78 is 4.36. The van der Waals surface area contributed by atoms with Gasteiger partial charge in [-0.1, -0.05) is 13.8 Å². The summed E-state index contributed by atoms with van der Waals surface area (Å²) >= 11 is 1.45. The van der Waals surface area contributed by atoms with Crippen LogP contribution in [0.2, 0.25) is 0 Å². The molecule has 1 aromatic rings. The zero-order valence-corrected chi connectivity index (χ0v) is 11.1. The number of hydrogen-bond acceptors (Lipinski definition) is 5. The monoisotopic (exact) mass is 253 g/mol. The second-order valence-corrected chi connectivity index (χ2v) is 5.56. The number of nitrogens with zero attached hydrogens (tertiary/aromatic N) is 3. The Morgan fingerprint density at radius 1 is 1.59 bits per heavy atom. The van der Waals surface area contributed by atoms with Gasteiger partial charge >= 0.3 is 0 Å². The quantitative estimate of drug-likeness (QED) is 0.636. The van der Waals surface area contributed by atoms with Gasteiger partial charge in [0.1, 0.15) is 5.82 Å². The van der Waals surface area contributed by atoms with E-state index >= 15 is 0 Å². The number of anilines is 1. The second kappa shape index (κ2) is 5.00. The Morgan fingerprint density at radius 3 is 2.94 bits per heavy atom. The van der Waals surface area contributed by atoms with E-state index in [2.05, 4.69) is 28.1 Å². The van der Waals surface area contributed by atoms with Crippen molar-refractivity contribution in [3.8, 4) is 0 Å². The number of piperidine rings is 1. The zero-order valence-electron chi connectivity index (χ0n) is 10.3. The third-order valence-electron chi connectivity index (χ3n) is 3.08. The van der Waals surface area contributed by atoms with E-state index < -0.39 is 0 Å². The first-order valence-corrected chi connectivity index (χ1v) is 6.77. The van der Waals surface area contributed by atoms with Gasteiger partial charge < -0.3 is 10.6 Å². The van der Waals surface area contributed by atoms with E-state index in [1.807, 2.05) is 0 Å². The lowest BCUT2D eigenvalue weighted by Crippen LogP contribution is -2.40. The molecule has 1 aliphatic rings. The first-order chi connectivity index (χ1) is 8.08. The molecule has 3 N–H and O–H groups in total. The SMILES string of the molecule is CC(C)c1nsc(N2CCCC(C(=N)N)C2)n1. The van der Waals surface area contributed by atoms with Crippen LogP contribution in [0, 0.1) is 11.3 Å². The third-order valence-corrected chi connectivity index (χ3v) is 3.87. The summed E-state index contributed by atoms with van der Waals surface area (Å²) in [5.74, 6) is 1.75. The summed E-state index contributed by atoms with van der Waals surface area (Å²) in [7, 11) is 0. The maximum Gasteiger partial charge on any atom is 0.205 e. The van der Waals surface area contributed by atoms with Crippen LogP contribution in [0.4, 0.5) is 5.13 Å². The highest BCUT2D eigenvalue weighted by Crippen LogP contribution is 2.26. The molecule has 1 fully saturated rings. The van der Waals surface area contributed by atoms with Crippen molar-refractivity contribution in [1.29, 1.82) is 5.41 Å². The molecule has 0 bridgehead atoms. The molecule has 17 heavy (non-hydrogen) atoms. The van der Waals surface area contributed by atoms with Gasteiger partial charge in [-0.05, 0) is 12.8 Å². The third kappa shape index (κ3) is 2.74. The van der Waals surface area contributed by atoms with E-state index in [1.54, 1.807) is 0 Å². The Hall–Kier alpha value is -1.17. The summed E-state index contributed by atoms with van der Waals surface area (Å²) in [6.07, 6.45) is 2.09. The molecule has 1 unspecified atom stereocenters. The lowest BCUT2D eigenvalue weighted by Gasteiger charge is -2.31. The average molecular weight is 253 g/mol. The van der Waals surface area contributed by atoms with E-state index in [0.717, 1.165) is 36.9 Å². The molecular weight excluding hydrogens is 234 g/mol. The molecule has 0 saturated carbocycles. The van der Waals surface area contributed by atoms with Crippen LogP contribution < -0.4 is 10.6 Å². The molecule has 2 rings (SSSR count). The zero-order chi connectivity index (χ0) is 12.4. The number of nitrogens with two attached hydrogens (primary N) is 1. The average Bonchev–Trinajstić information content (AvgIpc) is 2.78. The molecule has 2 heterocycles. The topological polar surface area (TPSA) is 78.9 Å². The normalized spacial score (nSPS) is 20.9. The van der Waals surface area contributed by atoms with E-state index in [-0.39, 0.29) is 5.92 Å². The van der Waals surface area contributed by atoms with Crippen LogP contribution in [0.5, 0.6) is 0 Å². The van der Waals surface area contributed by atoms with Crippen LogP contribution in [0.1, 0.15) is 38.4 Å². The largest absolute Gasteiger partial charge is 0.387 e. The van der Waals surface area contributed by atoms with Crippen LogP contribution in [0.25, 0.3) is 0 Å². The summed E-state index contributed by atoms with van der Waals surface area (Å²) in [4.78, 5) is 6.76.